The molecule has 0 fully saturated rings. The van der Waals surface area contributed by atoms with Gasteiger partial charge in [-0.3, -0.25) is 19.1 Å². The average molecular weight is 383 g/mol. The van der Waals surface area contributed by atoms with E-state index < -0.39 is 0 Å². The van der Waals surface area contributed by atoms with Crippen LogP contribution in [0.5, 0.6) is 0 Å². The molecule has 144 valence electrons. The second-order valence-corrected chi connectivity index (χ2v) is 6.81. The van der Waals surface area contributed by atoms with E-state index in [1.165, 1.54) is 0 Å². The first-order valence-electron chi connectivity index (χ1n) is 9.57. The first-order valence-corrected chi connectivity index (χ1v) is 9.57. The van der Waals surface area contributed by atoms with E-state index in [-0.39, 0.29) is 17.9 Å². The molecule has 29 heavy (non-hydrogen) atoms. The van der Waals surface area contributed by atoms with Gasteiger partial charge in [0.1, 0.15) is 0 Å². The third-order valence-electron chi connectivity index (χ3n) is 4.95. The second-order valence-electron chi connectivity index (χ2n) is 6.81. The highest BCUT2D eigenvalue weighted by Gasteiger charge is 2.19. The molecule has 0 radical (unpaired) electrons. The number of hydrogen-bond acceptors (Lipinski definition) is 3. The van der Waals surface area contributed by atoms with Crippen molar-refractivity contribution in [3.63, 3.8) is 0 Å². The molecule has 5 heteroatoms. The molecule has 1 amide bonds. The Kier molecular flexibility index (Phi) is 5.20. The summed E-state index contributed by atoms with van der Waals surface area (Å²) in [5.41, 5.74) is 3.28. The van der Waals surface area contributed by atoms with Gasteiger partial charge in [-0.15, -0.1) is 0 Å². The van der Waals surface area contributed by atoms with Crippen LogP contribution in [0.3, 0.4) is 0 Å². The van der Waals surface area contributed by atoms with Crippen molar-refractivity contribution in [3.05, 3.63) is 102 Å². The van der Waals surface area contributed by atoms with Gasteiger partial charge >= 0.3 is 0 Å². The van der Waals surface area contributed by atoms with Crippen LogP contribution in [0, 0.1) is 0 Å². The number of carbonyl (C=O) groups is 2. The molecule has 0 aliphatic carbocycles. The van der Waals surface area contributed by atoms with E-state index in [1.807, 2.05) is 61.5 Å². The van der Waals surface area contributed by atoms with Gasteiger partial charge in [-0.25, -0.2) is 0 Å². The second kappa shape index (κ2) is 8.10. The molecular weight excluding hydrogens is 362 g/mol. The van der Waals surface area contributed by atoms with Gasteiger partial charge in [0.15, 0.2) is 0 Å². The molecule has 4 aromatic rings. The quantitative estimate of drug-likeness (QED) is 0.547. The standard InChI is InChI=1S/C24H21N3O2/c1-2-22(28)27-14-12-18-15-19(10-11-21(18)27)23(20-9-6-13-25-16-20)26-24(29)17-7-4-3-5-8-17/h3-16,23H,2H2,1H3,(H,26,29). The lowest BCUT2D eigenvalue weighted by Gasteiger charge is -2.20. The number of fused-ring (bicyclic) bond motifs is 1. The van der Waals surface area contributed by atoms with Gasteiger partial charge in [0.05, 0.1) is 11.6 Å². The minimum Gasteiger partial charge on any atom is -0.341 e. The zero-order valence-corrected chi connectivity index (χ0v) is 16.1. The highest BCUT2D eigenvalue weighted by Crippen LogP contribution is 2.26. The number of benzene rings is 2. The summed E-state index contributed by atoms with van der Waals surface area (Å²) in [6.45, 7) is 1.85. The monoisotopic (exact) mass is 383 g/mol. The molecule has 0 aliphatic heterocycles. The van der Waals surface area contributed by atoms with Crippen LogP contribution >= 0.6 is 0 Å². The molecule has 1 unspecified atom stereocenters. The maximum atomic E-state index is 12.8. The van der Waals surface area contributed by atoms with E-state index in [0.717, 1.165) is 22.0 Å². The van der Waals surface area contributed by atoms with Crippen LogP contribution in [-0.2, 0) is 0 Å². The molecular formula is C24H21N3O2. The number of amides is 1. The number of hydrogen-bond donors (Lipinski definition) is 1. The molecule has 2 aromatic heterocycles. The molecule has 0 aliphatic rings. The lowest BCUT2D eigenvalue weighted by atomic mass is 9.98. The largest absolute Gasteiger partial charge is 0.341 e. The van der Waals surface area contributed by atoms with Crippen molar-refractivity contribution in [1.29, 1.82) is 0 Å². The first-order chi connectivity index (χ1) is 14.2. The van der Waals surface area contributed by atoms with Crippen LogP contribution in [0.25, 0.3) is 10.9 Å². The normalized spacial score (nSPS) is 11.9. The van der Waals surface area contributed by atoms with Crippen LogP contribution in [0.15, 0.2) is 85.3 Å². The van der Waals surface area contributed by atoms with Crippen molar-refractivity contribution in [3.8, 4) is 0 Å². The van der Waals surface area contributed by atoms with E-state index in [4.69, 9.17) is 0 Å². The maximum Gasteiger partial charge on any atom is 0.252 e. The Morgan fingerprint density at radius 3 is 2.55 bits per heavy atom. The van der Waals surface area contributed by atoms with Crippen LogP contribution in [-0.4, -0.2) is 21.4 Å². The van der Waals surface area contributed by atoms with E-state index in [2.05, 4.69) is 10.3 Å². The highest BCUT2D eigenvalue weighted by molar-refractivity contribution is 5.95. The minimum atomic E-state index is -0.356. The molecule has 5 nitrogen and oxygen atoms in total. The summed E-state index contributed by atoms with van der Waals surface area (Å²) in [4.78, 5) is 29.2. The summed E-state index contributed by atoms with van der Waals surface area (Å²) < 4.78 is 1.67. The summed E-state index contributed by atoms with van der Waals surface area (Å²) in [6, 6.07) is 20.4. The smallest absolute Gasteiger partial charge is 0.252 e. The van der Waals surface area contributed by atoms with Crippen LogP contribution in [0.1, 0.15) is 45.7 Å². The number of pyridine rings is 1. The van der Waals surface area contributed by atoms with Gasteiger partial charge in [0.25, 0.3) is 5.91 Å². The summed E-state index contributed by atoms with van der Waals surface area (Å²) in [5.74, 6) is -0.104. The predicted octanol–water partition coefficient (Wildman–Crippen LogP) is 4.61. The summed E-state index contributed by atoms with van der Waals surface area (Å²) >= 11 is 0. The Balaban J connectivity index is 1.73. The van der Waals surface area contributed by atoms with Crippen molar-refractivity contribution in [2.75, 3.05) is 0 Å². The Morgan fingerprint density at radius 1 is 1.00 bits per heavy atom. The molecule has 0 bridgehead atoms. The van der Waals surface area contributed by atoms with E-state index >= 15 is 0 Å². The van der Waals surface area contributed by atoms with Crippen LogP contribution in [0.2, 0.25) is 0 Å². The maximum absolute atomic E-state index is 12.8. The fourth-order valence-corrected chi connectivity index (χ4v) is 3.44. The Bertz CT molecular complexity index is 1150. The molecule has 2 aromatic carbocycles. The van der Waals surface area contributed by atoms with Crippen molar-refractivity contribution < 1.29 is 9.59 Å². The van der Waals surface area contributed by atoms with Crippen LogP contribution in [0.4, 0.5) is 0 Å². The summed E-state index contributed by atoms with van der Waals surface area (Å²) in [5, 5.41) is 4.07. The van der Waals surface area contributed by atoms with Gasteiger partial charge < -0.3 is 5.32 Å². The van der Waals surface area contributed by atoms with Crippen molar-refractivity contribution in [1.82, 2.24) is 14.9 Å². The minimum absolute atomic E-state index is 0.0499. The number of rotatable bonds is 5. The zero-order valence-electron chi connectivity index (χ0n) is 16.1. The first kappa shape index (κ1) is 18.6. The molecule has 1 N–H and O–H groups in total. The van der Waals surface area contributed by atoms with Crippen molar-refractivity contribution in [2.45, 2.75) is 19.4 Å². The Hall–Kier alpha value is -3.73. The van der Waals surface area contributed by atoms with Crippen LogP contribution < -0.4 is 5.32 Å². The highest BCUT2D eigenvalue weighted by atomic mass is 16.2. The Labute approximate surface area is 169 Å². The molecule has 0 saturated heterocycles. The topological polar surface area (TPSA) is 64.0 Å². The molecule has 0 saturated carbocycles. The van der Waals surface area contributed by atoms with Crippen molar-refractivity contribution >= 4 is 22.7 Å². The SMILES string of the molecule is CCC(=O)n1ccc2cc(C(NC(=O)c3ccccc3)c3cccnc3)ccc21. The fraction of sp³-hybridized carbons (Fsp3) is 0.125. The lowest BCUT2D eigenvalue weighted by Crippen LogP contribution is -2.29. The molecule has 4 rings (SSSR count). The van der Waals surface area contributed by atoms with Gasteiger partial charge in [-0.05, 0) is 47.5 Å². The van der Waals surface area contributed by atoms with Gasteiger partial charge in [-0.1, -0.05) is 37.3 Å². The third kappa shape index (κ3) is 3.80. The number of nitrogens with zero attached hydrogens (tertiary/aromatic N) is 2. The van der Waals surface area contributed by atoms with Crippen molar-refractivity contribution in [2.24, 2.45) is 0 Å². The molecule has 2 heterocycles. The Morgan fingerprint density at radius 2 is 1.83 bits per heavy atom. The lowest BCUT2D eigenvalue weighted by molar-refractivity contribution is 0.0912. The van der Waals surface area contributed by atoms with Gasteiger partial charge in [0.2, 0.25) is 5.91 Å². The zero-order chi connectivity index (χ0) is 20.2. The van der Waals surface area contributed by atoms with E-state index in [9.17, 15) is 9.59 Å². The predicted molar refractivity (Wildman–Crippen MR) is 113 cm³/mol. The van der Waals surface area contributed by atoms with E-state index in [1.54, 1.807) is 35.3 Å². The third-order valence-corrected chi connectivity index (χ3v) is 4.95. The number of carbonyl (C=O) groups excluding carboxylic acids is 2. The van der Waals surface area contributed by atoms with Gasteiger partial charge in [0, 0.05) is 36.0 Å². The molecule has 1 atom stereocenters. The molecule has 0 spiro atoms. The number of nitrogens with one attached hydrogen (secondary N) is 1. The van der Waals surface area contributed by atoms with E-state index in [0.29, 0.717) is 12.0 Å². The summed E-state index contributed by atoms with van der Waals surface area (Å²) in [6.07, 6.45) is 5.70. The summed E-state index contributed by atoms with van der Waals surface area (Å²) in [7, 11) is 0. The number of aromatic nitrogens is 2. The fourth-order valence-electron chi connectivity index (χ4n) is 3.44. The average Bonchev–Trinajstić information content (AvgIpc) is 3.21. The van der Waals surface area contributed by atoms with Gasteiger partial charge in [-0.2, -0.15) is 0 Å².